The average Bonchev–Trinajstić information content (AvgIpc) is 2.77. The summed E-state index contributed by atoms with van der Waals surface area (Å²) in [4.78, 5) is 16.8. The maximum atomic E-state index is 11.5. The fraction of sp³-hybridized carbons (Fsp3) is 0.556. The summed E-state index contributed by atoms with van der Waals surface area (Å²) in [6, 6.07) is 0. The fourth-order valence-electron chi connectivity index (χ4n) is 1.11. The van der Waals surface area contributed by atoms with E-state index in [-0.39, 0.29) is 18.3 Å². The molecule has 1 aromatic rings. The molecule has 1 amide bonds. The molecule has 0 bridgehead atoms. The van der Waals surface area contributed by atoms with Crippen molar-refractivity contribution < 1.29 is 4.79 Å². The highest BCUT2D eigenvalue weighted by molar-refractivity contribution is 7.15. The van der Waals surface area contributed by atoms with Crippen LogP contribution in [0.4, 0.5) is 5.13 Å². The van der Waals surface area contributed by atoms with Gasteiger partial charge >= 0.3 is 0 Å². The van der Waals surface area contributed by atoms with Crippen LogP contribution in [-0.2, 0) is 11.2 Å². The smallest absolute Gasteiger partial charge is 0.246 e. The Bertz CT molecular complexity index is 362. The Morgan fingerprint density at radius 3 is 2.87 bits per heavy atom. The molecule has 4 nitrogen and oxygen atoms in total. The Morgan fingerprint density at radius 2 is 2.40 bits per heavy atom. The Balaban J connectivity index is 0.00000112. The van der Waals surface area contributed by atoms with Gasteiger partial charge in [-0.15, -0.1) is 23.7 Å². The second-order valence-electron chi connectivity index (χ2n) is 3.60. The fourth-order valence-corrected chi connectivity index (χ4v) is 1.86. The molecule has 84 valence electrons. The quantitative estimate of drug-likeness (QED) is 0.852. The summed E-state index contributed by atoms with van der Waals surface area (Å²) in [6.45, 7) is 2.06. The van der Waals surface area contributed by atoms with Gasteiger partial charge in [-0.05, 0) is 19.3 Å². The molecule has 0 saturated heterocycles. The molecule has 15 heavy (non-hydrogen) atoms. The predicted molar refractivity (Wildman–Crippen MR) is 63.5 cm³/mol. The van der Waals surface area contributed by atoms with E-state index in [1.165, 1.54) is 16.2 Å². The summed E-state index contributed by atoms with van der Waals surface area (Å²) in [5.41, 5.74) is 5.13. The molecule has 1 saturated carbocycles. The summed E-state index contributed by atoms with van der Waals surface area (Å²) < 4.78 is 0. The number of aromatic nitrogens is 1. The van der Waals surface area contributed by atoms with Crippen molar-refractivity contribution in [1.29, 1.82) is 0 Å². The summed E-state index contributed by atoms with van der Waals surface area (Å²) in [6.07, 6.45) is 4.30. The minimum Gasteiger partial charge on any atom is -0.317 e. The van der Waals surface area contributed by atoms with E-state index >= 15 is 0 Å². The van der Waals surface area contributed by atoms with Crippen molar-refractivity contribution in [3.8, 4) is 0 Å². The highest BCUT2D eigenvalue weighted by atomic mass is 35.5. The van der Waals surface area contributed by atoms with Crippen LogP contribution in [0.15, 0.2) is 6.20 Å². The number of amides is 1. The van der Waals surface area contributed by atoms with E-state index in [0.717, 1.165) is 19.3 Å². The van der Waals surface area contributed by atoms with Gasteiger partial charge in [0, 0.05) is 11.1 Å². The summed E-state index contributed by atoms with van der Waals surface area (Å²) in [5, 5.41) is 3.40. The first-order valence-electron chi connectivity index (χ1n) is 4.69. The lowest BCUT2D eigenvalue weighted by atomic mass is 10.3. The molecule has 1 aliphatic rings. The third-order valence-corrected chi connectivity index (χ3v) is 3.42. The van der Waals surface area contributed by atoms with E-state index in [1.807, 2.05) is 0 Å². The van der Waals surface area contributed by atoms with Gasteiger partial charge in [0.05, 0.1) is 5.54 Å². The van der Waals surface area contributed by atoms with E-state index in [4.69, 9.17) is 5.73 Å². The number of aryl methyl sites for hydroxylation is 1. The van der Waals surface area contributed by atoms with Gasteiger partial charge in [-0.2, -0.15) is 0 Å². The molecule has 0 unspecified atom stereocenters. The number of nitrogens with two attached hydrogens (primary N) is 1. The van der Waals surface area contributed by atoms with Gasteiger partial charge in [0.25, 0.3) is 0 Å². The molecule has 1 aromatic heterocycles. The number of carbonyl (C=O) groups excluding carboxylic acids is 1. The van der Waals surface area contributed by atoms with Crippen LogP contribution in [0.2, 0.25) is 0 Å². The molecule has 3 N–H and O–H groups in total. The highest BCUT2D eigenvalue weighted by Crippen LogP contribution is 2.33. The molecule has 0 aliphatic heterocycles. The molecule has 6 heteroatoms. The van der Waals surface area contributed by atoms with E-state index in [2.05, 4.69) is 17.2 Å². The Kier molecular flexibility index (Phi) is 3.70. The zero-order chi connectivity index (χ0) is 10.2. The lowest BCUT2D eigenvalue weighted by Crippen LogP contribution is -2.37. The van der Waals surface area contributed by atoms with Crippen LogP contribution < -0.4 is 11.1 Å². The number of anilines is 1. The van der Waals surface area contributed by atoms with Gasteiger partial charge in [0.15, 0.2) is 5.13 Å². The zero-order valence-corrected chi connectivity index (χ0v) is 10.1. The number of carbonyl (C=O) groups is 1. The Hall–Kier alpha value is -0.650. The minimum absolute atomic E-state index is 0. The first-order chi connectivity index (χ1) is 6.64. The normalized spacial score (nSPS) is 16.7. The van der Waals surface area contributed by atoms with Crippen LogP contribution in [0.3, 0.4) is 0 Å². The number of halogens is 1. The molecule has 0 radical (unpaired) electrons. The first kappa shape index (κ1) is 12.4. The number of hydrogen-bond donors (Lipinski definition) is 2. The monoisotopic (exact) mass is 247 g/mol. The standard InChI is InChI=1S/C9H13N3OS.ClH/c1-2-6-5-11-8(14-6)12-7(13)9(10)3-4-9;/h5H,2-4,10H2,1H3,(H,11,12,13);1H. The molecule has 0 atom stereocenters. The van der Waals surface area contributed by atoms with Crippen molar-refractivity contribution in [2.45, 2.75) is 31.7 Å². The van der Waals surface area contributed by atoms with Crippen molar-refractivity contribution in [2.75, 3.05) is 5.32 Å². The number of hydrogen-bond acceptors (Lipinski definition) is 4. The molecular weight excluding hydrogens is 234 g/mol. The maximum absolute atomic E-state index is 11.5. The van der Waals surface area contributed by atoms with Crippen LogP contribution in [0.25, 0.3) is 0 Å². The van der Waals surface area contributed by atoms with Crippen LogP contribution in [0, 0.1) is 0 Å². The van der Waals surface area contributed by atoms with Gasteiger partial charge in [0.1, 0.15) is 0 Å². The van der Waals surface area contributed by atoms with Crippen molar-refractivity contribution in [3.63, 3.8) is 0 Å². The lowest BCUT2D eigenvalue weighted by Gasteiger charge is -2.06. The van der Waals surface area contributed by atoms with Crippen molar-refractivity contribution >= 4 is 34.8 Å². The van der Waals surface area contributed by atoms with E-state index in [9.17, 15) is 4.79 Å². The van der Waals surface area contributed by atoms with E-state index in [0.29, 0.717) is 5.13 Å². The maximum Gasteiger partial charge on any atom is 0.246 e. The van der Waals surface area contributed by atoms with Crippen LogP contribution in [0.1, 0.15) is 24.6 Å². The Morgan fingerprint density at radius 1 is 1.73 bits per heavy atom. The van der Waals surface area contributed by atoms with Crippen molar-refractivity contribution in [2.24, 2.45) is 5.73 Å². The summed E-state index contributed by atoms with van der Waals surface area (Å²) in [7, 11) is 0. The lowest BCUT2D eigenvalue weighted by molar-refractivity contribution is -0.118. The largest absolute Gasteiger partial charge is 0.317 e. The number of thiazole rings is 1. The average molecular weight is 248 g/mol. The second kappa shape index (κ2) is 4.47. The zero-order valence-electron chi connectivity index (χ0n) is 8.45. The van der Waals surface area contributed by atoms with Crippen LogP contribution in [-0.4, -0.2) is 16.4 Å². The Labute approximate surface area is 98.7 Å². The SMILES string of the molecule is CCc1cnc(NC(=O)C2(N)CC2)s1.Cl. The molecule has 1 fully saturated rings. The summed E-state index contributed by atoms with van der Waals surface area (Å²) in [5.74, 6) is -0.102. The number of nitrogens with one attached hydrogen (secondary N) is 1. The molecule has 2 rings (SSSR count). The van der Waals surface area contributed by atoms with E-state index < -0.39 is 5.54 Å². The van der Waals surface area contributed by atoms with Gasteiger partial charge in [-0.25, -0.2) is 4.98 Å². The number of nitrogens with zero attached hydrogens (tertiary/aromatic N) is 1. The van der Waals surface area contributed by atoms with Gasteiger partial charge in [0.2, 0.25) is 5.91 Å². The molecular formula is C9H14ClN3OS. The second-order valence-corrected chi connectivity index (χ2v) is 4.71. The highest BCUT2D eigenvalue weighted by Gasteiger charge is 2.46. The van der Waals surface area contributed by atoms with Gasteiger partial charge in [-0.3, -0.25) is 4.79 Å². The van der Waals surface area contributed by atoms with Gasteiger partial charge < -0.3 is 11.1 Å². The molecule has 0 spiro atoms. The predicted octanol–water partition coefficient (Wildman–Crippen LogP) is 1.56. The first-order valence-corrected chi connectivity index (χ1v) is 5.51. The van der Waals surface area contributed by atoms with Crippen LogP contribution >= 0.6 is 23.7 Å². The topological polar surface area (TPSA) is 68.0 Å². The molecule has 0 aromatic carbocycles. The summed E-state index contributed by atoms with van der Waals surface area (Å²) >= 11 is 1.51. The molecule has 1 heterocycles. The minimum atomic E-state index is -0.613. The number of rotatable bonds is 3. The third-order valence-electron chi connectivity index (χ3n) is 2.36. The van der Waals surface area contributed by atoms with Crippen molar-refractivity contribution in [3.05, 3.63) is 11.1 Å². The van der Waals surface area contributed by atoms with Crippen molar-refractivity contribution in [1.82, 2.24) is 4.98 Å². The van der Waals surface area contributed by atoms with E-state index in [1.54, 1.807) is 6.20 Å². The molecule has 1 aliphatic carbocycles. The van der Waals surface area contributed by atoms with Crippen LogP contribution in [0.5, 0.6) is 0 Å². The van der Waals surface area contributed by atoms with Gasteiger partial charge in [-0.1, -0.05) is 6.92 Å². The third kappa shape index (κ3) is 2.68.